The summed E-state index contributed by atoms with van der Waals surface area (Å²) in [6.45, 7) is 5.03. The smallest absolute Gasteiger partial charge is 0.260 e. The van der Waals surface area contributed by atoms with E-state index in [0.29, 0.717) is 18.2 Å². The lowest BCUT2D eigenvalue weighted by Crippen LogP contribution is -2.43. The molecule has 1 unspecified atom stereocenters. The molecular weight excluding hydrogens is 373 g/mol. The van der Waals surface area contributed by atoms with E-state index in [2.05, 4.69) is 11.5 Å². The molecule has 7 heteroatoms. The van der Waals surface area contributed by atoms with E-state index in [1.165, 1.54) is 24.3 Å². The van der Waals surface area contributed by atoms with Gasteiger partial charge in [-0.15, -0.1) is 0 Å². The summed E-state index contributed by atoms with van der Waals surface area (Å²) in [5.41, 5.74) is 1.15. The van der Waals surface area contributed by atoms with Crippen molar-refractivity contribution < 1.29 is 18.7 Å². The highest BCUT2D eigenvalue weighted by Crippen LogP contribution is 2.32. The summed E-state index contributed by atoms with van der Waals surface area (Å²) in [5.74, 6) is 1.70. The number of ether oxygens (including phenoxy) is 2. The van der Waals surface area contributed by atoms with Crippen molar-refractivity contribution in [2.24, 2.45) is 0 Å². The molecule has 0 radical (unpaired) electrons. The molecule has 1 aromatic carbocycles. The van der Waals surface area contributed by atoms with Crippen LogP contribution in [0.1, 0.15) is 49.2 Å². The lowest BCUT2D eigenvalue weighted by Gasteiger charge is -2.36. The predicted octanol–water partition coefficient (Wildman–Crippen LogP) is 3.47. The molecule has 0 spiro atoms. The first-order valence-electron chi connectivity index (χ1n) is 10.4. The predicted molar refractivity (Wildman–Crippen MR) is 107 cm³/mol. The van der Waals surface area contributed by atoms with Gasteiger partial charge < -0.3 is 18.9 Å². The molecule has 1 atom stereocenters. The highest BCUT2D eigenvalue weighted by molar-refractivity contribution is 5.77. The minimum absolute atomic E-state index is 0.0336. The van der Waals surface area contributed by atoms with Crippen molar-refractivity contribution in [2.45, 2.75) is 44.6 Å². The minimum Gasteiger partial charge on any atom is -0.484 e. The summed E-state index contributed by atoms with van der Waals surface area (Å²) in [6, 6.07) is 5.97. The zero-order valence-corrected chi connectivity index (χ0v) is 16.8. The first kappa shape index (κ1) is 19.9. The number of carbonyl (C=O) groups excluding carboxylic acids is 1. The number of aryl methyl sites for hydroxylation is 1. The van der Waals surface area contributed by atoms with Crippen LogP contribution in [0.25, 0.3) is 0 Å². The summed E-state index contributed by atoms with van der Waals surface area (Å²) in [4.78, 5) is 19.3. The summed E-state index contributed by atoms with van der Waals surface area (Å²) < 4.78 is 26.4. The number of halogens is 1. The van der Waals surface area contributed by atoms with Crippen molar-refractivity contribution in [2.75, 3.05) is 32.9 Å². The number of hydrogen-bond acceptors (Lipinski definition) is 4. The van der Waals surface area contributed by atoms with E-state index in [0.717, 1.165) is 57.0 Å². The molecule has 0 aliphatic carbocycles. The summed E-state index contributed by atoms with van der Waals surface area (Å²) in [6.07, 6.45) is 5.94. The van der Waals surface area contributed by atoms with Gasteiger partial charge in [-0.05, 0) is 56.9 Å². The van der Waals surface area contributed by atoms with E-state index in [4.69, 9.17) is 14.5 Å². The van der Waals surface area contributed by atoms with Crippen molar-refractivity contribution in [3.8, 4) is 5.75 Å². The normalized spacial score (nSPS) is 20.6. The highest BCUT2D eigenvalue weighted by atomic mass is 19.1. The number of piperidine rings is 1. The molecule has 0 bridgehead atoms. The van der Waals surface area contributed by atoms with Gasteiger partial charge in [-0.25, -0.2) is 9.37 Å². The molecule has 2 aliphatic heterocycles. The third kappa shape index (κ3) is 4.61. The van der Waals surface area contributed by atoms with E-state index in [-0.39, 0.29) is 24.4 Å². The number of benzene rings is 1. The SMILES string of the molecule is Cc1cnc(C2CCOCC2)n1C1CCCN(C(=O)COc2ccc(F)cc2)C1. The number of nitrogens with zero attached hydrogens (tertiary/aromatic N) is 3. The molecule has 0 N–H and O–H groups in total. The minimum atomic E-state index is -0.321. The summed E-state index contributed by atoms with van der Waals surface area (Å²) >= 11 is 0. The van der Waals surface area contributed by atoms with Crippen LogP contribution in [0, 0.1) is 12.7 Å². The van der Waals surface area contributed by atoms with Crippen LogP contribution in [-0.2, 0) is 9.53 Å². The van der Waals surface area contributed by atoms with Crippen molar-refractivity contribution in [1.29, 1.82) is 0 Å². The average Bonchev–Trinajstić information content (AvgIpc) is 3.15. The van der Waals surface area contributed by atoms with E-state index >= 15 is 0 Å². The largest absolute Gasteiger partial charge is 0.484 e. The fourth-order valence-electron chi connectivity index (χ4n) is 4.36. The highest BCUT2D eigenvalue weighted by Gasteiger charge is 2.30. The number of imidazole rings is 1. The summed E-state index contributed by atoms with van der Waals surface area (Å²) in [5, 5.41) is 0. The molecule has 2 aromatic rings. The second-order valence-corrected chi connectivity index (χ2v) is 7.89. The zero-order valence-electron chi connectivity index (χ0n) is 16.8. The van der Waals surface area contributed by atoms with Crippen molar-refractivity contribution in [3.63, 3.8) is 0 Å². The Morgan fingerprint density at radius 3 is 2.76 bits per heavy atom. The maximum Gasteiger partial charge on any atom is 0.260 e. The summed E-state index contributed by atoms with van der Waals surface area (Å²) in [7, 11) is 0. The lowest BCUT2D eigenvalue weighted by molar-refractivity contribution is -0.135. The van der Waals surface area contributed by atoms with Gasteiger partial charge >= 0.3 is 0 Å². The number of likely N-dealkylation sites (tertiary alicyclic amines) is 1. The van der Waals surface area contributed by atoms with Crippen molar-refractivity contribution in [3.05, 3.63) is 47.8 Å². The molecule has 4 rings (SSSR count). The maximum absolute atomic E-state index is 13.0. The van der Waals surface area contributed by atoms with Gasteiger partial charge in [-0.3, -0.25) is 4.79 Å². The van der Waals surface area contributed by atoms with Gasteiger partial charge in [0.05, 0.1) is 6.04 Å². The molecule has 2 fully saturated rings. The van der Waals surface area contributed by atoms with Crippen LogP contribution in [0.2, 0.25) is 0 Å². The molecule has 2 saturated heterocycles. The third-order valence-corrected chi connectivity index (χ3v) is 5.89. The van der Waals surface area contributed by atoms with Crippen LogP contribution in [0.5, 0.6) is 5.75 Å². The van der Waals surface area contributed by atoms with Gasteiger partial charge in [0.15, 0.2) is 6.61 Å². The first-order chi connectivity index (χ1) is 14.1. The molecule has 156 valence electrons. The van der Waals surface area contributed by atoms with E-state index < -0.39 is 0 Å². The number of aromatic nitrogens is 2. The van der Waals surface area contributed by atoms with E-state index in [1.54, 1.807) is 0 Å². The zero-order chi connectivity index (χ0) is 20.2. The Labute approximate surface area is 170 Å². The molecule has 1 aromatic heterocycles. The Kier molecular flexibility index (Phi) is 6.13. The van der Waals surface area contributed by atoms with Gasteiger partial charge in [0.25, 0.3) is 5.91 Å². The van der Waals surface area contributed by atoms with Crippen LogP contribution in [0.15, 0.2) is 30.5 Å². The lowest BCUT2D eigenvalue weighted by atomic mass is 9.97. The van der Waals surface area contributed by atoms with Crippen LogP contribution in [-0.4, -0.2) is 53.3 Å². The molecule has 2 aliphatic rings. The number of rotatable bonds is 5. The third-order valence-electron chi connectivity index (χ3n) is 5.89. The Morgan fingerprint density at radius 1 is 1.24 bits per heavy atom. The Morgan fingerprint density at radius 2 is 2.00 bits per heavy atom. The topological polar surface area (TPSA) is 56.6 Å². The fourth-order valence-corrected chi connectivity index (χ4v) is 4.36. The standard InChI is InChI=1S/C22H28FN3O3/c1-16-13-24-22(17-8-11-28-12-9-17)26(16)19-3-2-10-25(14-19)21(27)15-29-20-6-4-18(23)5-7-20/h4-7,13,17,19H,2-3,8-12,14-15H2,1H3. The molecule has 1 amide bonds. The Bertz CT molecular complexity index is 830. The number of amides is 1. The van der Waals surface area contributed by atoms with Gasteiger partial charge in [0.2, 0.25) is 0 Å². The Hall–Kier alpha value is -2.41. The van der Waals surface area contributed by atoms with Gasteiger partial charge in [0, 0.05) is 44.1 Å². The van der Waals surface area contributed by atoms with Crippen molar-refractivity contribution >= 4 is 5.91 Å². The monoisotopic (exact) mass is 401 g/mol. The van der Waals surface area contributed by atoms with Crippen LogP contribution >= 0.6 is 0 Å². The van der Waals surface area contributed by atoms with E-state index in [1.807, 2.05) is 11.1 Å². The van der Waals surface area contributed by atoms with E-state index in [9.17, 15) is 9.18 Å². The quantitative estimate of drug-likeness (QED) is 0.770. The molecular formula is C22H28FN3O3. The molecule has 3 heterocycles. The van der Waals surface area contributed by atoms with Gasteiger partial charge in [-0.1, -0.05) is 0 Å². The second kappa shape index (κ2) is 8.95. The molecule has 29 heavy (non-hydrogen) atoms. The van der Waals surface area contributed by atoms with Crippen molar-refractivity contribution in [1.82, 2.24) is 14.5 Å². The average molecular weight is 401 g/mol. The van der Waals surface area contributed by atoms with Crippen LogP contribution < -0.4 is 4.74 Å². The molecule has 6 nitrogen and oxygen atoms in total. The molecule has 0 saturated carbocycles. The van der Waals surface area contributed by atoms with Gasteiger partial charge in [-0.2, -0.15) is 0 Å². The van der Waals surface area contributed by atoms with Gasteiger partial charge in [0.1, 0.15) is 17.4 Å². The number of hydrogen-bond donors (Lipinski definition) is 0. The van der Waals surface area contributed by atoms with Crippen LogP contribution in [0.4, 0.5) is 4.39 Å². The maximum atomic E-state index is 13.0. The first-order valence-corrected chi connectivity index (χ1v) is 10.4. The Balaban J connectivity index is 1.41. The second-order valence-electron chi connectivity index (χ2n) is 7.89. The fraction of sp³-hybridized carbons (Fsp3) is 0.545. The number of carbonyl (C=O) groups is 1. The van der Waals surface area contributed by atoms with Crippen LogP contribution in [0.3, 0.4) is 0 Å².